The average Bonchev–Trinajstić information content (AvgIpc) is 2.87. The Morgan fingerprint density at radius 3 is 2.36 bits per heavy atom. The fourth-order valence-corrected chi connectivity index (χ4v) is 3.40. The van der Waals surface area contributed by atoms with E-state index in [4.69, 9.17) is 0 Å². The molecular formula is C20H31N3O2. The van der Waals surface area contributed by atoms with Gasteiger partial charge in [-0.15, -0.1) is 0 Å². The molecule has 0 saturated heterocycles. The molecule has 0 radical (unpaired) electrons. The van der Waals surface area contributed by atoms with Gasteiger partial charge in [0, 0.05) is 26.1 Å². The van der Waals surface area contributed by atoms with Crippen molar-refractivity contribution in [3.8, 4) is 0 Å². The van der Waals surface area contributed by atoms with Crippen molar-refractivity contribution < 1.29 is 9.59 Å². The quantitative estimate of drug-likeness (QED) is 0.501. The minimum absolute atomic E-state index is 0.0368. The Hall–Kier alpha value is -1.88. The molecule has 0 aliphatic heterocycles. The highest BCUT2D eigenvalue weighted by Crippen LogP contribution is 2.17. The van der Waals surface area contributed by atoms with Gasteiger partial charge in [0.05, 0.1) is 12.5 Å². The molecule has 2 rings (SSSR count). The van der Waals surface area contributed by atoms with Gasteiger partial charge >= 0.3 is 0 Å². The van der Waals surface area contributed by atoms with Crippen LogP contribution in [0.3, 0.4) is 0 Å². The molecule has 0 spiro atoms. The van der Waals surface area contributed by atoms with E-state index in [9.17, 15) is 9.59 Å². The molecule has 5 heteroatoms. The van der Waals surface area contributed by atoms with E-state index in [1.807, 2.05) is 30.3 Å². The molecule has 0 bridgehead atoms. The maximum absolute atomic E-state index is 12.2. The normalized spacial score (nSPS) is 16.7. The number of carbonyl (C=O) groups is 2. The van der Waals surface area contributed by atoms with Crippen molar-refractivity contribution in [2.45, 2.75) is 64.0 Å². The van der Waals surface area contributed by atoms with E-state index < -0.39 is 0 Å². The van der Waals surface area contributed by atoms with Crippen LogP contribution in [0.1, 0.15) is 63.5 Å². The monoisotopic (exact) mass is 345 g/mol. The first kappa shape index (κ1) is 19.4. The van der Waals surface area contributed by atoms with Crippen LogP contribution < -0.4 is 16.0 Å². The Kier molecular flexibility index (Phi) is 8.46. The predicted molar refractivity (Wildman–Crippen MR) is 100 cm³/mol. The lowest BCUT2D eigenvalue weighted by molar-refractivity contribution is -0.122. The van der Waals surface area contributed by atoms with Crippen LogP contribution in [0.15, 0.2) is 30.3 Å². The third kappa shape index (κ3) is 7.69. The highest BCUT2D eigenvalue weighted by atomic mass is 16.2. The van der Waals surface area contributed by atoms with Gasteiger partial charge in [-0.25, -0.2) is 0 Å². The number of carbonyl (C=O) groups excluding carboxylic acids is 2. The van der Waals surface area contributed by atoms with Crippen LogP contribution in [0.2, 0.25) is 0 Å². The van der Waals surface area contributed by atoms with Gasteiger partial charge in [0.25, 0.3) is 0 Å². The highest BCUT2D eigenvalue weighted by molar-refractivity contribution is 5.79. The molecule has 2 amide bonds. The highest BCUT2D eigenvalue weighted by Gasteiger charge is 2.17. The third-order valence-corrected chi connectivity index (χ3v) is 4.70. The molecule has 1 aliphatic rings. The van der Waals surface area contributed by atoms with Crippen LogP contribution in [0.25, 0.3) is 0 Å². The van der Waals surface area contributed by atoms with Crippen molar-refractivity contribution in [2.24, 2.45) is 0 Å². The predicted octanol–water partition coefficient (Wildman–Crippen LogP) is 2.68. The molecule has 3 N–H and O–H groups in total. The summed E-state index contributed by atoms with van der Waals surface area (Å²) in [5, 5.41) is 9.37. The summed E-state index contributed by atoms with van der Waals surface area (Å²) >= 11 is 0. The molecule has 1 aliphatic carbocycles. The van der Waals surface area contributed by atoms with Gasteiger partial charge in [-0.3, -0.25) is 9.59 Å². The largest absolute Gasteiger partial charge is 0.355 e. The summed E-state index contributed by atoms with van der Waals surface area (Å²) in [6, 6.07) is 9.93. The molecule has 1 fully saturated rings. The minimum Gasteiger partial charge on any atom is -0.355 e. The first-order valence-electron chi connectivity index (χ1n) is 9.47. The van der Waals surface area contributed by atoms with Gasteiger partial charge in [0.15, 0.2) is 0 Å². The number of amides is 2. The van der Waals surface area contributed by atoms with E-state index in [1.165, 1.54) is 45.4 Å². The molecule has 1 saturated carbocycles. The van der Waals surface area contributed by atoms with Crippen LogP contribution in [-0.4, -0.2) is 30.9 Å². The summed E-state index contributed by atoms with van der Waals surface area (Å²) in [4.78, 5) is 23.6. The number of nitrogens with one attached hydrogen (secondary N) is 3. The lowest BCUT2D eigenvalue weighted by Gasteiger charge is -2.19. The van der Waals surface area contributed by atoms with E-state index >= 15 is 0 Å². The number of hydrogen-bond donors (Lipinski definition) is 3. The first-order chi connectivity index (χ1) is 12.1. The molecular weight excluding hydrogens is 314 g/mol. The molecule has 1 atom stereocenters. The minimum atomic E-state index is -0.284. The second-order valence-corrected chi connectivity index (χ2v) is 6.86. The molecule has 138 valence electrons. The summed E-state index contributed by atoms with van der Waals surface area (Å²) in [7, 11) is 0. The molecule has 0 aromatic heterocycles. The Bertz CT molecular complexity index is 525. The van der Waals surface area contributed by atoms with Crippen LogP contribution >= 0.6 is 0 Å². The topological polar surface area (TPSA) is 70.2 Å². The zero-order valence-electron chi connectivity index (χ0n) is 15.2. The van der Waals surface area contributed by atoms with Gasteiger partial charge in [0.1, 0.15) is 0 Å². The van der Waals surface area contributed by atoms with Crippen LogP contribution in [-0.2, 0) is 9.59 Å². The van der Waals surface area contributed by atoms with Gasteiger partial charge in [-0.1, -0.05) is 56.0 Å². The number of benzene rings is 1. The van der Waals surface area contributed by atoms with Crippen molar-refractivity contribution in [3.05, 3.63) is 35.9 Å². The SMILES string of the molecule is CC(=O)NC(CC(=O)NCCNC1CCCCCC1)c1ccccc1. The average molecular weight is 345 g/mol. The van der Waals surface area contributed by atoms with Crippen LogP contribution in [0.5, 0.6) is 0 Å². The van der Waals surface area contributed by atoms with Crippen molar-refractivity contribution in [2.75, 3.05) is 13.1 Å². The molecule has 1 unspecified atom stereocenters. The molecule has 5 nitrogen and oxygen atoms in total. The summed E-state index contributed by atoms with van der Waals surface area (Å²) in [6.45, 7) is 2.90. The van der Waals surface area contributed by atoms with Crippen molar-refractivity contribution in [1.82, 2.24) is 16.0 Å². The van der Waals surface area contributed by atoms with Gasteiger partial charge < -0.3 is 16.0 Å². The number of hydrogen-bond acceptors (Lipinski definition) is 3. The summed E-state index contributed by atoms with van der Waals surface area (Å²) in [5.74, 6) is -0.165. The zero-order valence-corrected chi connectivity index (χ0v) is 15.2. The lowest BCUT2D eigenvalue weighted by atomic mass is 10.0. The van der Waals surface area contributed by atoms with E-state index in [0.29, 0.717) is 12.6 Å². The standard InChI is InChI=1S/C20H31N3O2/c1-16(24)23-19(17-9-5-4-6-10-17)15-20(25)22-14-13-21-18-11-7-2-3-8-12-18/h4-6,9-10,18-19,21H,2-3,7-8,11-15H2,1H3,(H,22,25)(H,23,24). The Morgan fingerprint density at radius 1 is 1.04 bits per heavy atom. The molecule has 0 heterocycles. The van der Waals surface area contributed by atoms with Gasteiger partial charge in [-0.05, 0) is 18.4 Å². The van der Waals surface area contributed by atoms with E-state index in [0.717, 1.165) is 12.1 Å². The lowest BCUT2D eigenvalue weighted by Crippen LogP contribution is -2.38. The van der Waals surface area contributed by atoms with Crippen molar-refractivity contribution in [3.63, 3.8) is 0 Å². The zero-order chi connectivity index (χ0) is 17.9. The Morgan fingerprint density at radius 2 is 1.72 bits per heavy atom. The van der Waals surface area contributed by atoms with Crippen LogP contribution in [0.4, 0.5) is 0 Å². The second-order valence-electron chi connectivity index (χ2n) is 6.86. The van der Waals surface area contributed by atoms with Crippen molar-refractivity contribution >= 4 is 11.8 Å². The fraction of sp³-hybridized carbons (Fsp3) is 0.600. The summed E-state index contributed by atoms with van der Waals surface area (Å²) in [6.07, 6.45) is 8.04. The van der Waals surface area contributed by atoms with Crippen LogP contribution in [0, 0.1) is 0 Å². The van der Waals surface area contributed by atoms with Crippen molar-refractivity contribution in [1.29, 1.82) is 0 Å². The van der Waals surface area contributed by atoms with Gasteiger partial charge in [-0.2, -0.15) is 0 Å². The first-order valence-corrected chi connectivity index (χ1v) is 9.47. The summed E-state index contributed by atoms with van der Waals surface area (Å²) in [5.41, 5.74) is 0.949. The smallest absolute Gasteiger partial charge is 0.222 e. The fourth-order valence-electron chi connectivity index (χ4n) is 3.40. The maximum Gasteiger partial charge on any atom is 0.222 e. The van der Waals surface area contributed by atoms with Gasteiger partial charge in [0.2, 0.25) is 11.8 Å². The molecule has 1 aromatic carbocycles. The summed E-state index contributed by atoms with van der Waals surface area (Å²) < 4.78 is 0. The second kappa shape index (κ2) is 10.9. The van der Waals surface area contributed by atoms with E-state index in [-0.39, 0.29) is 24.3 Å². The van der Waals surface area contributed by atoms with E-state index in [2.05, 4.69) is 16.0 Å². The molecule has 25 heavy (non-hydrogen) atoms. The third-order valence-electron chi connectivity index (χ3n) is 4.70. The Labute approximate surface area is 151 Å². The maximum atomic E-state index is 12.2. The number of rotatable bonds is 8. The van der Waals surface area contributed by atoms with E-state index in [1.54, 1.807) is 0 Å². The molecule has 1 aromatic rings. The Balaban J connectivity index is 1.72.